The maximum Gasteiger partial charge on any atom is 0.417 e. The molecule has 0 aromatic carbocycles. The van der Waals surface area contributed by atoms with Crippen LogP contribution in [0.1, 0.15) is 69.2 Å². The van der Waals surface area contributed by atoms with Gasteiger partial charge in [-0.2, -0.15) is 13.2 Å². The lowest BCUT2D eigenvalue weighted by Gasteiger charge is -2.40. The fraction of sp³-hybridized carbons (Fsp3) is 0.714. The minimum Gasteiger partial charge on any atom is -0.481 e. The Morgan fingerprint density at radius 3 is 2.49 bits per heavy atom. The lowest BCUT2D eigenvalue weighted by atomic mass is 9.74. The maximum absolute atomic E-state index is 13.8. The first-order valence-corrected chi connectivity index (χ1v) is 13.9. The third-order valence-corrected chi connectivity index (χ3v) is 8.34. The first-order valence-electron chi connectivity index (χ1n) is 13.9. The molecule has 41 heavy (non-hydrogen) atoms. The number of amides is 1. The highest BCUT2D eigenvalue weighted by atomic mass is 19.4. The summed E-state index contributed by atoms with van der Waals surface area (Å²) in [5, 5.41) is 19.5. The Morgan fingerprint density at radius 1 is 1.22 bits per heavy atom. The van der Waals surface area contributed by atoms with Crippen molar-refractivity contribution in [2.24, 2.45) is 11.3 Å². The van der Waals surface area contributed by atoms with Crippen LogP contribution in [0.5, 0.6) is 0 Å². The number of carboxylic acid groups (broad SMARTS) is 2. The van der Waals surface area contributed by atoms with Gasteiger partial charge in [-0.15, -0.1) is 0 Å². The summed E-state index contributed by atoms with van der Waals surface area (Å²) in [5.41, 5.74) is -0.121. The molecule has 1 saturated heterocycles. The van der Waals surface area contributed by atoms with Gasteiger partial charge in [0.25, 0.3) is 0 Å². The summed E-state index contributed by atoms with van der Waals surface area (Å²) >= 11 is 0. The monoisotopic (exact) mass is 587 g/mol. The van der Waals surface area contributed by atoms with Crippen molar-refractivity contribution in [3.8, 4) is 0 Å². The fourth-order valence-electron chi connectivity index (χ4n) is 5.90. The number of aromatic nitrogens is 1. The molecular weight excluding hydrogens is 547 g/mol. The molecule has 230 valence electrons. The second-order valence-electron chi connectivity index (χ2n) is 11.3. The average Bonchev–Trinajstić information content (AvgIpc) is 3.36. The van der Waals surface area contributed by atoms with Crippen molar-refractivity contribution in [1.29, 1.82) is 0 Å². The Morgan fingerprint density at radius 2 is 1.90 bits per heavy atom. The van der Waals surface area contributed by atoms with Crippen LogP contribution < -0.4 is 5.32 Å². The van der Waals surface area contributed by atoms with Crippen LogP contribution in [0.15, 0.2) is 12.3 Å². The van der Waals surface area contributed by atoms with Crippen molar-refractivity contribution < 1.29 is 47.2 Å². The molecule has 2 fully saturated rings. The second-order valence-corrected chi connectivity index (χ2v) is 11.3. The highest BCUT2D eigenvalue weighted by molar-refractivity contribution is 5.84. The molecule has 1 amide bonds. The van der Waals surface area contributed by atoms with E-state index in [4.69, 9.17) is 19.7 Å². The number of hydrogen-bond donors (Lipinski definition) is 3. The zero-order valence-electron chi connectivity index (χ0n) is 23.7. The van der Waals surface area contributed by atoms with Gasteiger partial charge in [-0.1, -0.05) is 13.8 Å². The van der Waals surface area contributed by atoms with Crippen molar-refractivity contribution in [1.82, 2.24) is 15.2 Å². The molecule has 1 aromatic heterocycles. The van der Waals surface area contributed by atoms with Gasteiger partial charge in [-0.3, -0.25) is 19.4 Å². The molecule has 0 spiro atoms. The van der Waals surface area contributed by atoms with Crippen LogP contribution in [-0.4, -0.2) is 83.0 Å². The molecule has 3 N–H and O–H groups in total. The van der Waals surface area contributed by atoms with Crippen molar-refractivity contribution in [2.45, 2.75) is 89.7 Å². The number of aliphatic carboxylic acids is 2. The molecule has 13 heteroatoms. The van der Waals surface area contributed by atoms with Gasteiger partial charge in [-0.25, -0.2) is 0 Å². The van der Waals surface area contributed by atoms with Crippen LogP contribution >= 0.6 is 0 Å². The Labute approximate surface area is 237 Å². The van der Waals surface area contributed by atoms with Gasteiger partial charge >= 0.3 is 18.1 Å². The van der Waals surface area contributed by atoms with Crippen LogP contribution in [0.3, 0.4) is 0 Å². The predicted molar refractivity (Wildman–Crippen MR) is 141 cm³/mol. The fourth-order valence-corrected chi connectivity index (χ4v) is 5.90. The SMILES string of the molecule is CO[C@H]1COCC[C@H]1N[C@H]1CC[C@](C(=O)N2CCc3ncc(C(F)(F)F)cc3C2)(C(C)C)C1.O=C(O)CCC(=O)O. The number of carbonyl (C=O) groups is 3. The van der Waals surface area contributed by atoms with Crippen molar-refractivity contribution in [2.75, 3.05) is 26.9 Å². The lowest BCUT2D eigenvalue weighted by molar-refractivity contribution is -0.146. The van der Waals surface area contributed by atoms with E-state index in [0.717, 1.165) is 37.9 Å². The summed E-state index contributed by atoms with van der Waals surface area (Å²) in [5.74, 6) is -1.97. The molecule has 0 unspecified atom stereocenters. The number of rotatable bonds is 8. The zero-order chi connectivity index (χ0) is 30.4. The number of hydrogen-bond acceptors (Lipinski definition) is 7. The normalized spacial score (nSPS) is 26.2. The number of halogens is 3. The third-order valence-electron chi connectivity index (χ3n) is 8.34. The van der Waals surface area contributed by atoms with E-state index in [-0.39, 0.29) is 49.4 Å². The molecule has 4 rings (SSSR count). The van der Waals surface area contributed by atoms with Gasteiger partial charge in [0, 0.05) is 57.2 Å². The van der Waals surface area contributed by atoms with E-state index >= 15 is 0 Å². The van der Waals surface area contributed by atoms with Crippen molar-refractivity contribution in [3.63, 3.8) is 0 Å². The van der Waals surface area contributed by atoms with Gasteiger partial charge in [0.1, 0.15) is 0 Å². The van der Waals surface area contributed by atoms with Gasteiger partial charge in [0.05, 0.1) is 36.5 Å². The number of nitrogens with one attached hydrogen (secondary N) is 1. The lowest BCUT2D eigenvalue weighted by Crippen LogP contribution is -2.52. The smallest absolute Gasteiger partial charge is 0.417 e. The van der Waals surface area contributed by atoms with Crippen LogP contribution in [0.25, 0.3) is 0 Å². The highest BCUT2D eigenvalue weighted by Gasteiger charge is 2.50. The minimum absolute atomic E-state index is 0.00238. The van der Waals surface area contributed by atoms with Crippen LogP contribution in [-0.2, 0) is 43.0 Å². The predicted octanol–water partition coefficient (Wildman–Crippen LogP) is 3.51. The number of pyridine rings is 1. The molecule has 1 aliphatic carbocycles. The van der Waals surface area contributed by atoms with E-state index in [2.05, 4.69) is 24.1 Å². The third kappa shape index (κ3) is 8.39. The first-order chi connectivity index (χ1) is 19.3. The average molecular weight is 588 g/mol. The summed E-state index contributed by atoms with van der Waals surface area (Å²) in [6, 6.07) is 1.55. The van der Waals surface area contributed by atoms with Gasteiger partial charge in [0.2, 0.25) is 5.91 Å². The standard InChI is InChI=1S/C24H34F3N3O3.C4H6O4/c1-15(2)23(7-4-18(11-23)29-20-6-9-33-14-21(20)32-3)22(31)30-8-5-19-16(13-30)10-17(12-28-19)24(25,26)27;5-3(6)1-2-4(7)8/h10,12,15,18,20-21,29H,4-9,11,13-14H2,1-3H3;1-2H2,(H,5,6)(H,7,8)/t18-,20+,21-,23+;/m0./s1. The largest absolute Gasteiger partial charge is 0.481 e. The Bertz CT molecular complexity index is 1070. The number of carboxylic acids is 2. The Hall–Kier alpha value is -2.77. The quantitative estimate of drug-likeness (QED) is 0.417. The second kappa shape index (κ2) is 13.9. The molecule has 10 nitrogen and oxygen atoms in total. The molecule has 0 radical (unpaired) electrons. The summed E-state index contributed by atoms with van der Waals surface area (Å²) in [6.07, 6.45) is -0.412. The van der Waals surface area contributed by atoms with Gasteiger partial charge in [-0.05, 0) is 43.2 Å². The van der Waals surface area contributed by atoms with E-state index < -0.39 is 29.1 Å². The number of carbonyl (C=O) groups excluding carboxylic acids is 1. The van der Waals surface area contributed by atoms with E-state index in [9.17, 15) is 27.6 Å². The molecule has 3 aliphatic rings. The van der Waals surface area contributed by atoms with Crippen LogP contribution in [0.4, 0.5) is 13.2 Å². The minimum atomic E-state index is -4.44. The Kier molecular flexibility index (Phi) is 11.1. The Balaban J connectivity index is 0.000000507. The number of ether oxygens (including phenoxy) is 2. The molecule has 3 heterocycles. The van der Waals surface area contributed by atoms with Gasteiger partial charge < -0.3 is 29.9 Å². The topological polar surface area (TPSA) is 138 Å². The number of nitrogens with zero attached hydrogens (tertiary/aromatic N) is 2. The number of alkyl halides is 3. The van der Waals surface area contributed by atoms with E-state index in [0.29, 0.717) is 37.4 Å². The molecule has 2 aliphatic heterocycles. The van der Waals surface area contributed by atoms with E-state index in [1.165, 1.54) is 0 Å². The van der Waals surface area contributed by atoms with Crippen molar-refractivity contribution >= 4 is 17.8 Å². The number of fused-ring (bicyclic) bond motifs is 1. The van der Waals surface area contributed by atoms with Crippen LogP contribution in [0.2, 0.25) is 0 Å². The summed E-state index contributed by atoms with van der Waals surface area (Å²) in [7, 11) is 1.69. The van der Waals surface area contributed by atoms with E-state index in [1.54, 1.807) is 12.0 Å². The summed E-state index contributed by atoms with van der Waals surface area (Å²) in [6.45, 7) is 6.09. The zero-order valence-corrected chi connectivity index (χ0v) is 23.7. The van der Waals surface area contributed by atoms with Gasteiger partial charge in [0.15, 0.2) is 0 Å². The molecule has 4 atom stereocenters. The molecule has 0 bridgehead atoms. The van der Waals surface area contributed by atoms with Crippen molar-refractivity contribution in [3.05, 3.63) is 29.1 Å². The van der Waals surface area contributed by atoms with E-state index in [1.807, 2.05) is 0 Å². The molecule has 1 aromatic rings. The molecule has 1 saturated carbocycles. The summed E-state index contributed by atoms with van der Waals surface area (Å²) in [4.78, 5) is 38.9. The first kappa shape index (κ1) is 32.7. The maximum atomic E-state index is 13.8. The molecular formula is C28H40F3N3O7. The van der Waals surface area contributed by atoms with Crippen LogP contribution in [0, 0.1) is 11.3 Å². The summed E-state index contributed by atoms with van der Waals surface area (Å²) < 4.78 is 50.6. The highest BCUT2D eigenvalue weighted by Crippen LogP contribution is 2.47. The number of methoxy groups -OCH3 is 1.